The molecule has 1 aliphatic rings. The summed E-state index contributed by atoms with van der Waals surface area (Å²) in [5.74, 6) is 1.57. The van der Waals surface area contributed by atoms with Crippen molar-refractivity contribution >= 4 is 21.6 Å². The maximum Gasteiger partial charge on any atom is 0.251 e. The minimum absolute atomic E-state index is 0.0591. The molecule has 126 valence electrons. The molecule has 0 bridgehead atoms. The van der Waals surface area contributed by atoms with Gasteiger partial charge in [0.05, 0.1) is 16.8 Å². The zero-order valence-corrected chi connectivity index (χ0v) is 14.3. The van der Waals surface area contributed by atoms with Crippen molar-refractivity contribution in [1.29, 1.82) is 0 Å². The lowest BCUT2D eigenvalue weighted by atomic mass is 10.1. The van der Waals surface area contributed by atoms with Crippen LogP contribution < -0.4 is 4.74 Å². The van der Waals surface area contributed by atoms with Crippen LogP contribution in [0.2, 0.25) is 0 Å². The molecule has 0 aliphatic carbocycles. The molecule has 0 amide bonds. The molecule has 0 radical (unpaired) electrons. The van der Waals surface area contributed by atoms with Crippen LogP contribution in [-0.4, -0.2) is 39.3 Å². The predicted molar refractivity (Wildman–Crippen MR) is 91.5 cm³/mol. The molecule has 1 aliphatic heterocycles. The molecule has 4 rings (SSSR count). The Morgan fingerprint density at radius 1 is 1.38 bits per heavy atom. The smallest absolute Gasteiger partial charge is 0.251 e. The number of nitrogens with zero attached hydrogens (tertiary/aromatic N) is 3. The Bertz CT molecular complexity index is 837. The number of hydrogen-bond acceptors (Lipinski definition) is 7. The van der Waals surface area contributed by atoms with Crippen LogP contribution in [-0.2, 0) is 6.54 Å². The molecule has 1 fully saturated rings. The summed E-state index contributed by atoms with van der Waals surface area (Å²) in [6.45, 7) is 4.63. The summed E-state index contributed by atoms with van der Waals surface area (Å²) < 4.78 is 12.4. The lowest BCUT2D eigenvalue weighted by Gasteiger charge is -2.31. The Morgan fingerprint density at radius 2 is 2.21 bits per heavy atom. The molecular formula is C17H19N3O3S. The van der Waals surface area contributed by atoms with E-state index in [1.165, 1.54) is 4.88 Å². The standard InChI is InChI=1S/C17H19N3O3S/c1-11-8-14-17(24-11)15(2-5-18-14)22-12-3-6-20(7-4-12)10-13-9-16(21)19-23-13/h2,5,8-9,12H,3-4,6-7,10H2,1H3,(H,19,21). The minimum atomic E-state index is -0.0591. The van der Waals surface area contributed by atoms with Crippen molar-refractivity contribution in [1.82, 2.24) is 15.0 Å². The first-order valence-corrected chi connectivity index (χ1v) is 8.88. The number of fused-ring (bicyclic) bond motifs is 1. The molecule has 6 nitrogen and oxygen atoms in total. The topological polar surface area (TPSA) is 71.6 Å². The quantitative estimate of drug-likeness (QED) is 0.782. The number of aryl methyl sites for hydroxylation is 1. The first-order chi connectivity index (χ1) is 11.7. The van der Waals surface area contributed by atoms with E-state index in [-0.39, 0.29) is 12.0 Å². The number of hydrogen-bond donors (Lipinski definition) is 1. The lowest BCUT2D eigenvalue weighted by Crippen LogP contribution is -2.37. The summed E-state index contributed by atoms with van der Waals surface area (Å²) in [5.41, 5.74) is 1.01. The highest BCUT2D eigenvalue weighted by molar-refractivity contribution is 7.19. The summed E-state index contributed by atoms with van der Waals surface area (Å²) in [6, 6.07) is 5.62. The number of likely N-dealkylation sites (tertiary alicyclic amines) is 1. The van der Waals surface area contributed by atoms with Crippen LogP contribution >= 0.6 is 11.3 Å². The summed E-state index contributed by atoms with van der Waals surface area (Å²) in [6.07, 6.45) is 3.97. The van der Waals surface area contributed by atoms with E-state index in [9.17, 15) is 5.11 Å². The predicted octanol–water partition coefficient (Wildman–Crippen LogP) is 3.34. The molecule has 0 saturated carbocycles. The van der Waals surface area contributed by atoms with Crippen LogP contribution in [0.1, 0.15) is 23.5 Å². The van der Waals surface area contributed by atoms with E-state index in [1.54, 1.807) is 17.4 Å². The van der Waals surface area contributed by atoms with Gasteiger partial charge in [-0.25, -0.2) is 0 Å². The molecule has 4 heterocycles. The zero-order valence-electron chi connectivity index (χ0n) is 13.4. The second-order valence-corrected chi connectivity index (χ2v) is 7.38. The maximum absolute atomic E-state index is 9.23. The van der Waals surface area contributed by atoms with E-state index < -0.39 is 0 Å². The molecule has 24 heavy (non-hydrogen) atoms. The van der Waals surface area contributed by atoms with Gasteiger partial charge in [-0.2, -0.15) is 0 Å². The van der Waals surface area contributed by atoms with Crippen molar-refractivity contribution in [3.05, 3.63) is 35.0 Å². The van der Waals surface area contributed by atoms with Gasteiger partial charge in [0.2, 0.25) is 0 Å². The Morgan fingerprint density at radius 3 is 2.96 bits per heavy atom. The maximum atomic E-state index is 9.23. The van der Waals surface area contributed by atoms with Gasteiger partial charge in [0.15, 0.2) is 5.76 Å². The molecule has 0 unspecified atom stereocenters. The van der Waals surface area contributed by atoms with Crippen molar-refractivity contribution in [2.45, 2.75) is 32.4 Å². The van der Waals surface area contributed by atoms with Crippen LogP contribution in [0.5, 0.6) is 11.6 Å². The molecule has 3 aromatic rings. The van der Waals surface area contributed by atoms with E-state index in [2.05, 4.69) is 28.0 Å². The van der Waals surface area contributed by atoms with Crippen LogP contribution in [0, 0.1) is 6.92 Å². The van der Waals surface area contributed by atoms with E-state index in [0.29, 0.717) is 12.3 Å². The van der Waals surface area contributed by atoms with Gasteiger partial charge in [-0.3, -0.25) is 9.88 Å². The van der Waals surface area contributed by atoms with Crippen LogP contribution in [0.4, 0.5) is 0 Å². The normalized spacial score (nSPS) is 16.7. The molecule has 1 N–H and O–H groups in total. The molecule has 3 aromatic heterocycles. The van der Waals surface area contributed by atoms with E-state index in [0.717, 1.165) is 41.9 Å². The first kappa shape index (κ1) is 15.4. The summed E-state index contributed by atoms with van der Waals surface area (Å²) in [5, 5.41) is 12.7. The number of pyridine rings is 1. The van der Waals surface area contributed by atoms with Crippen molar-refractivity contribution < 1.29 is 14.4 Å². The zero-order chi connectivity index (χ0) is 16.5. The molecule has 1 saturated heterocycles. The van der Waals surface area contributed by atoms with Gasteiger partial charge in [-0.1, -0.05) is 0 Å². The van der Waals surface area contributed by atoms with Gasteiger partial charge in [-0.05, 0) is 37.1 Å². The second-order valence-electron chi connectivity index (χ2n) is 6.13. The number of rotatable bonds is 4. The van der Waals surface area contributed by atoms with Gasteiger partial charge in [-0.15, -0.1) is 11.3 Å². The number of piperidine rings is 1. The molecular weight excluding hydrogens is 326 g/mol. The molecule has 7 heteroatoms. The van der Waals surface area contributed by atoms with Crippen molar-refractivity contribution in [2.75, 3.05) is 13.1 Å². The Kier molecular flexibility index (Phi) is 4.12. The van der Waals surface area contributed by atoms with Gasteiger partial charge in [0, 0.05) is 30.2 Å². The third-order valence-corrected chi connectivity index (χ3v) is 5.31. The largest absolute Gasteiger partial charge is 0.491 e. The lowest BCUT2D eigenvalue weighted by molar-refractivity contribution is 0.0926. The number of aromatic nitrogens is 2. The van der Waals surface area contributed by atoms with E-state index in [4.69, 9.17) is 9.26 Å². The Labute approximate surface area is 143 Å². The fourth-order valence-corrected chi connectivity index (χ4v) is 4.01. The number of thiophene rings is 1. The van der Waals surface area contributed by atoms with Gasteiger partial charge in [0.1, 0.15) is 11.9 Å². The molecule has 0 spiro atoms. The van der Waals surface area contributed by atoms with Crippen molar-refractivity contribution in [3.8, 4) is 11.6 Å². The van der Waals surface area contributed by atoms with Gasteiger partial charge < -0.3 is 14.4 Å². The summed E-state index contributed by atoms with van der Waals surface area (Å²) in [7, 11) is 0. The van der Waals surface area contributed by atoms with Crippen LogP contribution in [0.15, 0.2) is 28.9 Å². The fourth-order valence-electron chi connectivity index (χ4n) is 3.09. The fraction of sp³-hybridized carbons (Fsp3) is 0.412. The molecule has 0 aromatic carbocycles. The highest BCUT2D eigenvalue weighted by Crippen LogP contribution is 2.33. The van der Waals surface area contributed by atoms with Crippen LogP contribution in [0.3, 0.4) is 0 Å². The average molecular weight is 345 g/mol. The number of ether oxygens (including phenoxy) is 1. The Balaban J connectivity index is 1.37. The van der Waals surface area contributed by atoms with E-state index >= 15 is 0 Å². The third kappa shape index (κ3) is 3.22. The van der Waals surface area contributed by atoms with Crippen molar-refractivity contribution in [3.63, 3.8) is 0 Å². The third-order valence-electron chi connectivity index (χ3n) is 4.25. The van der Waals surface area contributed by atoms with Crippen LogP contribution in [0.25, 0.3) is 10.2 Å². The first-order valence-electron chi connectivity index (χ1n) is 8.06. The summed E-state index contributed by atoms with van der Waals surface area (Å²) >= 11 is 1.73. The second kappa shape index (κ2) is 6.41. The highest BCUT2D eigenvalue weighted by atomic mass is 32.1. The van der Waals surface area contributed by atoms with Gasteiger partial charge >= 0.3 is 0 Å². The molecule has 0 atom stereocenters. The SMILES string of the molecule is Cc1cc2nccc(OC3CCN(Cc4cc(O)no4)CC3)c2s1. The minimum Gasteiger partial charge on any atom is -0.491 e. The van der Waals surface area contributed by atoms with E-state index in [1.807, 2.05) is 12.3 Å². The Hall–Kier alpha value is -2.12. The summed E-state index contributed by atoms with van der Waals surface area (Å²) in [4.78, 5) is 7.94. The monoisotopic (exact) mass is 345 g/mol. The highest BCUT2D eigenvalue weighted by Gasteiger charge is 2.22. The average Bonchev–Trinajstić information content (AvgIpc) is 3.14. The number of aromatic hydroxyl groups is 1. The van der Waals surface area contributed by atoms with Crippen molar-refractivity contribution in [2.24, 2.45) is 0 Å². The van der Waals surface area contributed by atoms with Gasteiger partial charge in [0.25, 0.3) is 5.88 Å².